The first-order valence-electron chi connectivity index (χ1n) is 11.9. The summed E-state index contributed by atoms with van der Waals surface area (Å²) in [6, 6.07) is 2.14. The van der Waals surface area contributed by atoms with Crippen molar-refractivity contribution in [1.82, 2.24) is 14.3 Å². The van der Waals surface area contributed by atoms with Crippen molar-refractivity contribution < 1.29 is 47.4 Å². The number of pyridine rings is 1. The number of halogens is 3. The highest BCUT2D eigenvalue weighted by Crippen LogP contribution is 2.30. The summed E-state index contributed by atoms with van der Waals surface area (Å²) in [6.45, 7) is 8.83. The van der Waals surface area contributed by atoms with Crippen LogP contribution in [0.15, 0.2) is 17.1 Å². The SMILES string of the molecule is COC(=O)c1nc2c(N3CCN(C)C3=O)cc(N3CC[NH+](C(C)C)CC3)cn2c(=O)c1O.O=C([O-])C(F)(F)F. The Morgan fingerprint density at radius 2 is 1.74 bits per heavy atom. The van der Waals surface area contributed by atoms with Crippen LogP contribution in [-0.4, -0.2) is 103 Å². The molecule has 2 saturated heterocycles. The molecule has 0 aliphatic carbocycles. The second kappa shape index (κ2) is 11.3. The van der Waals surface area contributed by atoms with E-state index in [-0.39, 0.29) is 11.7 Å². The smallest absolute Gasteiger partial charge is 0.430 e. The van der Waals surface area contributed by atoms with Crippen molar-refractivity contribution >= 4 is 35.0 Å². The van der Waals surface area contributed by atoms with Crippen LogP contribution in [0.1, 0.15) is 24.3 Å². The Bertz CT molecular complexity index is 1320. The Morgan fingerprint density at radius 3 is 2.21 bits per heavy atom. The minimum Gasteiger partial charge on any atom is -0.542 e. The summed E-state index contributed by atoms with van der Waals surface area (Å²) in [7, 11) is 2.85. The molecule has 2 aliphatic rings. The number of nitrogens with zero attached hydrogens (tertiary/aromatic N) is 5. The Labute approximate surface area is 220 Å². The molecular formula is C23H29F3N6O7. The van der Waals surface area contributed by atoms with Gasteiger partial charge in [-0.3, -0.25) is 14.1 Å². The van der Waals surface area contributed by atoms with E-state index in [1.54, 1.807) is 23.0 Å². The number of esters is 1. The Morgan fingerprint density at radius 1 is 1.15 bits per heavy atom. The lowest BCUT2D eigenvalue weighted by Crippen LogP contribution is -3.17. The zero-order valence-electron chi connectivity index (χ0n) is 21.7. The zero-order chi connectivity index (χ0) is 29.2. The Kier molecular flexibility index (Phi) is 8.58. The minimum atomic E-state index is -5.19. The number of urea groups is 1. The number of fused-ring (bicyclic) bond motifs is 1. The molecule has 0 bridgehead atoms. The molecule has 0 radical (unpaired) electrons. The number of carbonyl (C=O) groups is 3. The van der Waals surface area contributed by atoms with E-state index in [2.05, 4.69) is 28.5 Å². The highest BCUT2D eigenvalue weighted by molar-refractivity contribution is 5.99. The van der Waals surface area contributed by atoms with Crippen molar-refractivity contribution in [2.45, 2.75) is 26.1 Å². The van der Waals surface area contributed by atoms with E-state index in [9.17, 15) is 32.7 Å². The molecule has 39 heavy (non-hydrogen) atoms. The number of carboxylic acid groups (broad SMARTS) is 1. The maximum absolute atomic E-state index is 13.0. The number of carboxylic acids is 1. The van der Waals surface area contributed by atoms with E-state index in [4.69, 9.17) is 9.90 Å². The molecule has 0 unspecified atom stereocenters. The number of aliphatic carboxylic acids is 1. The molecule has 2 N–H and O–H groups in total. The number of aromatic nitrogens is 2. The zero-order valence-corrected chi connectivity index (χ0v) is 21.7. The third-order valence-corrected chi connectivity index (χ3v) is 6.57. The Hall–Kier alpha value is -4.08. The van der Waals surface area contributed by atoms with E-state index < -0.39 is 35.1 Å². The van der Waals surface area contributed by atoms with Gasteiger partial charge in [-0.05, 0) is 19.9 Å². The van der Waals surface area contributed by atoms with Crippen molar-refractivity contribution in [3.8, 4) is 5.75 Å². The molecule has 0 aromatic carbocycles. The van der Waals surface area contributed by atoms with Crippen molar-refractivity contribution in [3.63, 3.8) is 0 Å². The van der Waals surface area contributed by atoms with Crippen molar-refractivity contribution in [3.05, 3.63) is 28.3 Å². The molecule has 2 aromatic rings. The maximum atomic E-state index is 13.0. The first kappa shape index (κ1) is 29.5. The van der Waals surface area contributed by atoms with Gasteiger partial charge in [-0.2, -0.15) is 13.2 Å². The highest BCUT2D eigenvalue weighted by Gasteiger charge is 2.32. The summed E-state index contributed by atoms with van der Waals surface area (Å²) >= 11 is 0. The van der Waals surface area contributed by atoms with Crippen LogP contribution < -0.4 is 25.4 Å². The minimum absolute atomic E-state index is 0.118. The average molecular weight is 559 g/mol. The molecule has 2 amide bonds. The predicted molar refractivity (Wildman–Crippen MR) is 129 cm³/mol. The predicted octanol–water partition coefficient (Wildman–Crippen LogP) is -1.53. The van der Waals surface area contributed by atoms with Gasteiger partial charge in [0, 0.05) is 26.3 Å². The second-order valence-corrected chi connectivity index (χ2v) is 9.32. The van der Waals surface area contributed by atoms with Gasteiger partial charge in [-0.25, -0.2) is 14.6 Å². The molecule has 2 aliphatic heterocycles. The normalized spacial score (nSPS) is 16.5. The molecule has 4 rings (SSSR count). The topological polar surface area (TPSA) is 152 Å². The number of quaternary nitrogens is 1. The fourth-order valence-electron chi connectivity index (χ4n) is 4.31. The largest absolute Gasteiger partial charge is 0.542 e. The third kappa shape index (κ3) is 6.16. The van der Waals surface area contributed by atoms with Gasteiger partial charge >= 0.3 is 23.7 Å². The van der Waals surface area contributed by atoms with E-state index in [1.165, 1.54) is 9.30 Å². The number of rotatable bonds is 4. The number of hydrogen-bond donors (Lipinski definition) is 2. The number of carbonyl (C=O) groups excluding carboxylic acids is 3. The molecule has 2 aromatic heterocycles. The highest BCUT2D eigenvalue weighted by atomic mass is 19.4. The van der Waals surface area contributed by atoms with Crippen LogP contribution in [0.5, 0.6) is 5.75 Å². The fraction of sp³-hybridized carbons (Fsp3) is 0.522. The number of methoxy groups -OCH3 is 1. The van der Waals surface area contributed by atoms with Gasteiger partial charge in [0.05, 0.1) is 50.7 Å². The van der Waals surface area contributed by atoms with Crippen LogP contribution in [0.3, 0.4) is 0 Å². The summed E-state index contributed by atoms with van der Waals surface area (Å²) in [5, 5.41) is 19.1. The summed E-state index contributed by atoms with van der Waals surface area (Å²) in [5.41, 5.74) is 0.0298. The molecule has 0 atom stereocenters. The first-order valence-corrected chi connectivity index (χ1v) is 11.9. The van der Waals surface area contributed by atoms with Crippen LogP contribution in [-0.2, 0) is 9.53 Å². The van der Waals surface area contributed by atoms with Gasteiger partial charge in [0.25, 0.3) is 0 Å². The number of aromatic hydroxyl groups is 1. The fourth-order valence-corrected chi connectivity index (χ4v) is 4.31. The molecule has 214 valence electrons. The lowest BCUT2D eigenvalue weighted by Gasteiger charge is -2.36. The molecule has 13 nitrogen and oxygen atoms in total. The Balaban J connectivity index is 0.000000532. The lowest BCUT2D eigenvalue weighted by molar-refractivity contribution is -0.921. The monoisotopic (exact) mass is 558 g/mol. The standard InChI is InChI=1S/C21H28N6O5.C2HF3O2/c1-13(2)24-6-8-25(9-7-24)14-11-15(26-10-5-23(3)21(26)31)18-22-16(20(30)32-4)17(28)19(29)27(18)12-14;3-2(4,5)1(6)7/h11-13,28H,5-10H2,1-4H3;(H,6,7). The third-order valence-electron chi connectivity index (χ3n) is 6.57. The summed E-state index contributed by atoms with van der Waals surface area (Å²) in [6.07, 6.45) is -3.58. The lowest BCUT2D eigenvalue weighted by atomic mass is 10.2. The summed E-state index contributed by atoms with van der Waals surface area (Å²) < 4.78 is 37.4. The number of nitrogens with one attached hydrogen (secondary N) is 1. The number of alkyl halides is 3. The van der Waals surface area contributed by atoms with E-state index in [1.807, 2.05) is 6.07 Å². The number of likely N-dealkylation sites (N-methyl/N-ethyl adjacent to an activating group) is 1. The molecule has 4 heterocycles. The van der Waals surface area contributed by atoms with E-state index in [0.29, 0.717) is 24.8 Å². The van der Waals surface area contributed by atoms with E-state index in [0.717, 1.165) is 39.0 Å². The van der Waals surface area contributed by atoms with Crippen LogP contribution in [0.4, 0.5) is 29.3 Å². The molecule has 2 fully saturated rings. The van der Waals surface area contributed by atoms with Gasteiger partial charge < -0.3 is 34.4 Å². The van der Waals surface area contributed by atoms with Crippen molar-refractivity contribution in [1.29, 1.82) is 0 Å². The molecule has 0 spiro atoms. The quantitative estimate of drug-likeness (QED) is 0.426. The number of piperazine rings is 1. The maximum Gasteiger partial charge on any atom is 0.430 e. The molecular weight excluding hydrogens is 529 g/mol. The van der Waals surface area contributed by atoms with Crippen molar-refractivity contribution in [2.75, 3.05) is 63.2 Å². The molecule has 16 heteroatoms. The number of amides is 2. The van der Waals surface area contributed by atoms with Crippen LogP contribution >= 0.6 is 0 Å². The average Bonchev–Trinajstić information content (AvgIpc) is 3.22. The van der Waals surface area contributed by atoms with Gasteiger partial charge in [0.2, 0.25) is 5.75 Å². The first-order chi connectivity index (χ1) is 18.2. The van der Waals surface area contributed by atoms with E-state index >= 15 is 0 Å². The van der Waals surface area contributed by atoms with Crippen LogP contribution in [0.2, 0.25) is 0 Å². The van der Waals surface area contributed by atoms with Gasteiger partial charge in [-0.15, -0.1) is 0 Å². The van der Waals surface area contributed by atoms with Crippen LogP contribution in [0, 0.1) is 0 Å². The van der Waals surface area contributed by atoms with Crippen LogP contribution in [0.25, 0.3) is 5.65 Å². The number of anilines is 2. The van der Waals surface area contributed by atoms with Crippen molar-refractivity contribution in [2.24, 2.45) is 0 Å². The number of hydrogen-bond acceptors (Lipinski definition) is 9. The molecule has 0 saturated carbocycles. The summed E-state index contributed by atoms with van der Waals surface area (Å²) in [4.78, 5) is 57.6. The number of ether oxygens (including phenoxy) is 1. The van der Waals surface area contributed by atoms with Gasteiger partial charge in [0.1, 0.15) is 5.97 Å². The summed E-state index contributed by atoms with van der Waals surface area (Å²) in [5.74, 6) is -4.71. The van der Waals surface area contributed by atoms with Gasteiger partial charge in [0.15, 0.2) is 11.3 Å². The second-order valence-electron chi connectivity index (χ2n) is 9.32. The van der Waals surface area contributed by atoms with Gasteiger partial charge in [-0.1, -0.05) is 0 Å².